The van der Waals surface area contributed by atoms with Gasteiger partial charge in [0.25, 0.3) is 5.95 Å². The molecule has 20 heavy (non-hydrogen) atoms. The highest BCUT2D eigenvalue weighted by atomic mass is 16.6. The SMILES string of the molecule is CC(=O)OCC1(C)Cc2c(oc3ccccc3c2=O)O1. The van der Waals surface area contributed by atoms with Gasteiger partial charge in [-0.05, 0) is 19.1 Å². The summed E-state index contributed by atoms with van der Waals surface area (Å²) in [6, 6.07) is 7.04. The van der Waals surface area contributed by atoms with Gasteiger partial charge in [-0.1, -0.05) is 12.1 Å². The summed E-state index contributed by atoms with van der Waals surface area (Å²) in [4.78, 5) is 23.3. The lowest BCUT2D eigenvalue weighted by molar-refractivity contribution is -0.146. The highest BCUT2D eigenvalue weighted by molar-refractivity contribution is 5.77. The van der Waals surface area contributed by atoms with E-state index in [1.54, 1.807) is 31.2 Å². The van der Waals surface area contributed by atoms with Crippen LogP contribution in [0.4, 0.5) is 0 Å². The first-order valence-electron chi connectivity index (χ1n) is 6.36. The Balaban J connectivity index is 2.01. The number of ether oxygens (including phenoxy) is 2. The van der Waals surface area contributed by atoms with Crippen LogP contribution in [0, 0.1) is 0 Å². The van der Waals surface area contributed by atoms with Crippen molar-refractivity contribution >= 4 is 16.9 Å². The predicted molar refractivity (Wildman–Crippen MR) is 71.9 cm³/mol. The van der Waals surface area contributed by atoms with Crippen LogP contribution < -0.4 is 10.2 Å². The topological polar surface area (TPSA) is 65.7 Å². The van der Waals surface area contributed by atoms with Gasteiger partial charge in [0.1, 0.15) is 17.8 Å². The van der Waals surface area contributed by atoms with Crippen molar-refractivity contribution in [1.82, 2.24) is 0 Å². The minimum absolute atomic E-state index is 0.0856. The van der Waals surface area contributed by atoms with Gasteiger partial charge in [0.05, 0.1) is 10.9 Å². The van der Waals surface area contributed by atoms with Gasteiger partial charge in [-0.15, -0.1) is 0 Å². The fourth-order valence-electron chi connectivity index (χ4n) is 2.36. The zero-order valence-corrected chi connectivity index (χ0v) is 11.3. The van der Waals surface area contributed by atoms with Gasteiger partial charge in [0.15, 0.2) is 5.43 Å². The molecule has 0 radical (unpaired) electrons. The van der Waals surface area contributed by atoms with E-state index in [-0.39, 0.29) is 24.0 Å². The molecule has 5 heteroatoms. The van der Waals surface area contributed by atoms with Crippen LogP contribution in [0.3, 0.4) is 0 Å². The summed E-state index contributed by atoms with van der Waals surface area (Å²) >= 11 is 0. The largest absolute Gasteiger partial charge is 0.462 e. The molecule has 5 nitrogen and oxygen atoms in total. The van der Waals surface area contributed by atoms with Crippen LogP contribution in [0.25, 0.3) is 11.0 Å². The number of carbonyl (C=O) groups is 1. The number of benzene rings is 1. The fourth-order valence-corrected chi connectivity index (χ4v) is 2.36. The monoisotopic (exact) mass is 274 g/mol. The molecule has 0 fully saturated rings. The maximum atomic E-state index is 12.4. The molecule has 1 unspecified atom stereocenters. The Bertz CT molecular complexity index is 746. The van der Waals surface area contributed by atoms with E-state index in [0.29, 0.717) is 23.0 Å². The van der Waals surface area contributed by atoms with Gasteiger partial charge in [-0.3, -0.25) is 9.59 Å². The molecule has 0 spiro atoms. The van der Waals surface area contributed by atoms with Gasteiger partial charge in [0, 0.05) is 13.3 Å². The summed E-state index contributed by atoms with van der Waals surface area (Å²) in [5, 5.41) is 0.534. The van der Waals surface area contributed by atoms with Gasteiger partial charge >= 0.3 is 5.97 Å². The molecular weight excluding hydrogens is 260 g/mol. The molecule has 1 aliphatic rings. The molecule has 0 bridgehead atoms. The quantitative estimate of drug-likeness (QED) is 0.784. The molecule has 1 aromatic heterocycles. The Morgan fingerprint density at radius 3 is 2.90 bits per heavy atom. The van der Waals surface area contributed by atoms with Crippen molar-refractivity contribution < 1.29 is 18.7 Å². The van der Waals surface area contributed by atoms with Crippen LogP contribution >= 0.6 is 0 Å². The zero-order valence-electron chi connectivity index (χ0n) is 11.3. The van der Waals surface area contributed by atoms with Crippen LogP contribution in [-0.4, -0.2) is 18.2 Å². The second-order valence-electron chi connectivity index (χ2n) is 5.20. The minimum atomic E-state index is -0.756. The van der Waals surface area contributed by atoms with Crippen LogP contribution in [0.1, 0.15) is 19.4 Å². The molecule has 2 aromatic rings. The van der Waals surface area contributed by atoms with E-state index < -0.39 is 5.60 Å². The van der Waals surface area contributed by atoms with Gasteiger partial charge < -0.3 is 13.9 Å². The van der Waals surface area contributed by atoms with Crippen molar-refractivity contribution in [2.45, 2.75) is 25.9 Å². The first kappa shape index (κ1) is 12.7. The molecule has 0 aliphatic carbocycles. The highest BCUT2D eigenvalue weighted by Gasteiger charge is 2.40. The van der Waals surface area contributed by atoms with E-state index in [2.05, 4.69) is 0 Å². The van der Waals surface area contributed by atoms with Crippen molar-refractivity contribution in [2.75, 3.05) is 6.61 Å². The van der Waals surface area contributed by atoms with E-state index in [9.17, 15) is 9.59 Å². The van der Waals surface area contributed by atoms with Crippen molar-refractivity contribution in [2.24, 2.45) is 0 Å². The summed E-state index contributed by atoms with van der Waals surface area (Å²) in [6.07, 6.45) is 0.364. The third-order valence-electron chi connectivity index (χ3n) is 3.33. The lowest BCUT2D eigenvalue weighted by atomic mass is 10.00. The standard InChI is InChI=1S/C15H14O5/c1-9(16)18-8-15(2)7-11-13(17)10-5-3-4-6-12(10)19-14(11)20-15/h3-6H,7-8H2,1-2H3. The lowest BCUT2D eigenvalue weighted by Crippen LogP contribution is -2.37. The molecule has 1 aromatic carbocycles. The third kappa shape index (κ3) is 2.05. The van der Waals surface area contributed by atoms with E-state index in [0.717, 1.165) is 0 Å². The normalized spacial score (nSPS) is 20.5. The Morgan fingerprint density at radius 2 is 2.15 bits per heavy atom. The van der Waals surface area contributed by atoms with Crippen LogP contribution in [0.5, 0.6) is 5.95 Å². The number of carbonyl (C=O) groups excluding carboxylic acids is 1. The smallest absolute Gasteiger partial charge is 0.302 e. The number of rotatable bonds is 2. The summed E-state index contributed by atoms with van der Waals surface area (Å²) in [6.45, 7) is 3.21. The maximum Gasteiger partial charge on any atom is 0.302 e. The van der Waals surface area contributed by atoms with Gasteiger partial charge in [-0.2, -0.15) is 0 Å². The number of fused-ring (bicyclic) bond motifs is 2. The van der Waals surface area contributed by atoms with Crippen LogP contribution in [0.2, 0.25) is 0 Å². The molecule has 104 valence electrons. The first-order chi connectivity index (χ1) is 9.48. The van der Waals surface area contributed by atoms with Crippen molar-refractivity contribution in [3.63, 3.8) is 0 Å². The number of esters is 1. The second-order valence-corrected chi connectivity index (χ2v) is 5.20. The second kappa shape index (κ2) is 4.37. The molecule has 1 aliphatic heterocycles. The minimum Gasteiger partial charge on any atom is -0.462 e. The number of para-hydroxylation sites is 1. The Kier molecular flexibility index (Phi) is 2.78. The maximum absolute atomic E-state index is 12.4. The average Bonchev–Trinajstić information content (AvgIpc) is 2.75. The molecule has 0 amide bonds. The van der Waals surface area contributed by atoms with Crippen LogP contribution in [0.15, 0.2) is 33.5 Å². The van der Waals surface area contributed by atoms with Gasteiger partial charge in [-0.25, -0.2) is 0 Å². The zero-order chi connectivity index (χ0) is 14.3. The molecule has 3 rings (SSSR count). The average molecular weight is 274 g/mol. The van der Waals surface area contributed by atoms with E-state index in [1.165, 1.54) is 6.92 Å². The molecule has 2 heterocycles. The Hall–Kier alpha value is -2.30. The summed E-state index contributed by atoms with van der Waals surface area (Å²) < 4.78 is 16.3. The van der Waals surface area contributed by atoms with E-state index in [1.807, 2.05) is 0 Å². The van der Waals surface area contributed by atoms with Gasteiger partial charge in [0.2, 0.25) is 0 Å². The summed E-state index contributed by atoms with van der Waals surface area (Å²) in [5.74, 6) is -0.154. The summed E-state index contributed by atoms with van der Waals surface area (Å²) in [5.41, 5.74) is 0.147. The van der Waals surface area contributed by atoms with E-state index in [4.69, 9.17) is 13.9 Å². The molecule has 0 saturated heterocycles. The predicted octanol–water partition coefficient (Wildman–Crippen LogP) is 2.05. The fraction of sp³-hybridized carbons (Fsp3) is 0.333. The molecule has 0 saturated carbocycles. The highest BCUT2D eigenvalue weighted by Crippen LogP contribution is 2.35. The number of hydrogen-bond donors (Lipinski definition) is 0. The molecule has 1 atom stereocenters. The molecular formula is C15H14O5. The Morgan fingerprint density at radius 1 is 1.40 bits per heavy atom. The van der Waals surface area contributed by atoms with Crippen molar-refractivity contribution in [3.8, 4) is 5.95 Å². The van der Waals surface area contributed by atoms with E-state index >= 15 is 0 Å². The molecule has 0 N–H and O–H groups in total. The first-order valence-corrected chi connectivity index (χ1v) is 6.36. The van der Waals surface area contributed by atoms with Crippen molar-refractivity contribution in [1.29, 1.82) is 0 Å². The summed E-state index contributed by atoms with van der Waals surface area (Å²) in [7, 11) is 0. The number of hydrogen-bond acceptors (Lipinski definition) is 5. The van der Waals surface area contributed by atoms with Crippen LogP contribution in [-0.2, 0) is 16.0 Å². The third-order valence-corrected chi connectivity index (χ3v) is 3.33. The Labute approximate surface area is 115 Å². The van der Waals surface area contributed by atoms with Crippen molar-refractivity contribution in [3.05, 3.63) is 40.1 Å². The lowest BCUT2D eigenvalue weighted by Gasteiger charge is -2.21.